The summed E-state index contributed by atoms with van der Waals surface area (Å²) in [6, 6.07) is 5.36. The van der Waals surface area contributed by atoms with Crippen molar-refractivity contribution < 1.29 is 177 Å². The minimum Gasteiger partial charge on any atom is -0.394 e. The average Bonchev–Trinajstić information content (AvgIpc) is 1.07. The van der Waals surface area contributed by atoms with Crippen LogP contribution in [0.3, 0.4) is 0 Å². The molecule has 34 atom stereocenters. The number of benzene rings is 1. The summed E-state index contributed by atoms with van der Waals surface area (Å²) in [5.74, 6) is -1.16. The first-order valence-corrected chi connectivity index (χ1v) is 30.0. The predicted octanol–water partition coefficient (Wildman–Crippen LogP) is -12.7. The molecular formula is C52H82O36S. The van der Waals surface area contributed by atoms with Gasteiger partial charge >= 0.3 is 0 Å². The number of aryl methyl sites for hydroxylation is 1. The Morgan fingerprint density at radius 1 is 0.404 bits per heavy atom. The lowest BCUT2D eigenvalue weighted by Crippen LogP contribution is -2.68. The summed E-state index contributed by atoms with van der Waals surface area (Å²) >= 11 is 0. The van der Waals surface area contributed by atoms with Gasteiger partial charge in [0.05, 0.1) is 76.1 Å². The minimum atomic E-state index is -4.63. The van der Waals surface area contributed by atoms with E-state index in [1.165, 1.54) is 36.4 Å². The maximum Gasteiger partial charge on any atom is 0.297 e. The number of hydrogen-bond donors (Lipinski definition) is 21. The molecule has 0 spiro atoms. The lowest BCUT2D eigenvalue weighted by atomic mass is 9.87. The summed E-state index contributed by atoms with van der Waals surface area (Å²) < 4.78 is 100.0. The molecule has 0 amide bonds. The summed E-state index contributed by atoms with van der Waals surface area (Å²) in [6.45, 7) is -5.05. The molecule has 0 saturated carbocycles. The molecule has 0 bridgehead atoms. The molecule has 1 aromatic carbocycles. The zero-order valence-corrected chi connectivity index (χ0v) is 48.2. The molecule has 36 nitrogen and oxygen atoms in total. The summed E-state index contributed by atoms with van der Waals surface area (Å²) in [5, 5.41) is 226. The monoisotopic (exact) mass is 1310 g/mol. The van der Waals surface area contributed by atoms with Crippen molar-refractivity contribution in [3.05, 3.63) is 42.0 Å². The fourth-order valence-electron chi connectivity index (χ4n) is 11.4. The normalized spacial score (nSPS) is 47.8. The van der Waals surface area contributed by atoms with Gasteiger partial charge in [0.1, 0.15) is 153 Å². The molecule has 8 rings (SSSR count). The van der Waals surface area contributed by atoms with Crippen molar-refractivity contribution in [2.75, 3.05) is 52.9 Å². The Labute approximate surface area is 506 Å². The van der Waals surface area contributed by atoms with Crippen molar-refractivity contribution >= 4 is 10.1 Å². The highest BCUT2D eigenvalue weighted by molar-refractivity contribution is 7.86. The molecular weight excluding hydrogens is 1230 g/mol. The number of aliphatic hydroxyl groups is 21. The lowest BCUT2D eigenvalue weighted by molar-refractivity contribution is -0.391. The van der Waals surface area contributed by atoms with E-state index >= 15 is 0 Å². The molecule has 7 aliphatic rings. The van der Waals surface area contributed by atoms with Crippen LogP contribution in [0, 0.1) is 12.8 Å². The zero-order chi connectivity index (χ0) is 65.1. The van der Waals surface area contributed by atoms with Gasteiger partial charge in [-0.05, 0) is 25.5 Å². The first kappa shape index (κ1) is 72.4. The Balaban J connectivity index is 0.883. The predicted molar refractivity (Wildman–Crippen MR) is 280 cm³/mol. The summed E-state index contributed by atoms with van der Waals surface area (Å²) in [6.07, 6.45) is -58.3. The standard InChI is InChI=1S/C52H82O36S/c1-17-5-7-18(8-6-17)89(74,75)77-16-28-47(88-49-39(70)33(64)32(63)23(10-54)80-49)37(68)42(73)52(83-28)87-46-27(14-58)82-51(41(72)36(46)67)86-45-26(13-57)81-50(40(71)35(45)66)85-44-25(12-56)78-21(31(62)34(44)65)4-2-3-19-22(9-53)79-48(38(69)29(19)60)84-43-24(11-55)76-15-20(59)30(43)61/h2-3,5-8,19-73H,4,9-16H2,1H3/b3-2+. The number of aliphatic hydroxyl groups excluding tert-OH is 21. The van der Waals surface area contributed by atoms with Gasteiger partial charge in [0, 0.05) is 5.92 Å². The molecule has 7 heterocycles. The van der Waals surface area contributed by atoms with Gasteiger partial charge in [-0.1, -0.05) is 29.8 Å². The third-order valence-electron chi connectivity index (χ3n) is 16.7. The molecule has 1 aromatic rings. The fourth-order valence-corrected chi connectivity index (χ4v) is 12.3. The van der Waals surface area contributed by atoms with Crippen LogP contribution in [0.1, 0.15) is 12.0 Å². The zero-order valence-electron chi connectivity index (χ0n) is 47.4. The summed E-state index contributed by atoms with van der Waals surface area (Å²) in [7, 11) is -4.63. The minimum absolute atomic E-state index is 0.271. The van der Waals surface area contributed by atoms with Gasteiger partial charge in [-0.25, -0.2) is 0 Å². The second-order valence-electron chi connectivity index (χ2n) is 22.6. The smallest absolute Gasteiger partial charge is 0.297 e. The largest absolute Gasteiger partial charge is 0.394 e. The molecule has 0 aliphatic carbocycles. The molecule has 89 heavy (non-hydrogen) atoms. The van der Waals surface area contributed by atoms with Crippen molar-refractivity contribution in [2.24, 2.45) is 5.92 Å². The van der Waals surface area contributed by atoms with Gasteiger partial charge in [-0.15, -0.1) is 0 Å². The molecule has 7 fully saturated rings. The first-order chi connectivity index (χ1) is 42.2. The van der Waals surface area contributed by atoms with Crippen LogP contribution in [0.25, 0.3) is 0 Å². The fraction of sp³-hybridized carbons (Fsp3) is 0.846. The van der Waals surface area contributed by atoms with Gasteiger partial charge in [0.15, 0.2) is 31.5 Å². The number of ether oxygens (including phenoxy) is 12. The second kappa shape index (κ2) is 31.4. The van der Waals surface area contributed by atoms with Crippen molar-refractivity contribution in [1.82, 2.24) is 0 Å². The third-order valence-corrected chi connectivity index (χ3v) is 18.0. The maximum absolute atomic E-state index is 13.3. The quantitative estimate of drug-likeness (QED) is 0.0357. The molecule has 37 heteroatoms. The van der Waals surface area contributed by atoms with E-state index in [0.717, 1.165) is 0 Å². The Kier molecular flexibility index (Phi) is 25.5. The number of hydrogen-bond acceptors (Lipinski definition) is 36. The van der Waals surface area contributed by atoms with Crippen molar-refractivity contribution in [1.29, 1.82) is 0 Å². The van der Waals surface area contributed by atoms with Crippen LogP contribution in [0.2, 0.25) is 0 Å². The highest BCUT2D eigenvalue weighted by Gasteiger charge is 2.57. The van der Waals surface area contributed by atoms with Gasteiger partial charge in [-0.3, -0.25) is 4.18 Å². The van der Waals surface area contributed by atoms with Crippen LogP contribution in [-0.2, 0) is 71.1 Å². The molecule has 512 valence electrons. The topological polar surface area (TPSA) is 579 Å². The van der Waals surface area contributed by atoms with Crippen molar-refractivity contribution in [2.45, 2.75) is 221 Å². The van der Waals surface area contributed by atoms with Crippen LogP contribution in [0.4, 0.5) is 0 Å². The van der Waals surface area contributed by atoms with E-state index in [-0.39, 0.29) is 17.9 Å². The van der Waals surface area contributed by atoms with Gasteiger partial charge < -0.3 is 164 Å². The van der Waals surface area contributed by atoms with E-state index in [1.54, 1.807) is 6.92 Å². The highest BCUT2D eigenvalue weighted by atomic mass is 32.2. The summed E-state index contributed by atoms with van der Waals surface area (Å²) in [5.41, 5.74) is 0.688. The molecule has 0 radical (unpaired) electrons. The van der Waals surface area contributed by atoms with Gasteiger partial charge in [0.25, 0.3) is 10.1 Å². The highest BCUT2D eigenvalue weighted by Crippen LogP contribution is 2.38. The first-order valence-electron chi connectivity index (χ1n) is 28.5. The van der Waals surface area contributed by atoms with Crippen LogP contribution in [0.15, 0.2) is 41.3 Å². The van der Waals surface area contributed by atoms with Crippen LogP contribution in [0.5, 0.6) is 0 Å². The van der Waals surface area contributed by atoms with Gasteiger partial charge in [0.2, 0.25) is 0 Å². The number of rotatable bonds is 23. The molecule has 0 aromatic heterocycles. The van der Waals surface area contributed by atoms with E-state index in [2.05, 4.69) is 0 Å². The average molecular weight is 1320 g/mol. The van der Waals surface area contributed by atoms with E-state index in [1.807, 2.05) is 0 Å². The molecule has 7 saturated heterocycles. The molecule has 21 N–H and O–H groups in total. The Hall–Kier alpha value is -2.45. The Morgan fingerprint density at radius 3 is 1.22 bits per heavy atom. The Morgan fingerprint density at radius 2 is 0.764 bits per heavy atom. The third kappa shape index (κ3) is 15.8. The van der Waals surface area contributed by atoms with Crippen molar-refractivity contribution in [3.8, 4) is 0 Å². The van der Waals surface area contributed by atoms with E-state index in [9.17, 15) is 116 Å². The maximum atomic E-state index is 13.3. The van der Waals surface area contributed by atoms with E-state index < -0.39 is 265 Å². The van der Waals surface area contributed by atoms with Crippen LogP contribution in [-0.4, -0.2) is 371 Å². The van der Waals surface area contributed by atoms with E-state index in [0.29, 0.717) is 5.56 Å². The van der Waals surface area contributed by atoms with Gasteiger partial charge in [-0.2, -0.15) is 8.42 Å². The lowest BCUT2D eigenvalue weighted by Gasteiger charge is -2.49. The van der Waals surface area contributed by atoms with E-state index in [4.69, 9.17) is 61.0 Å². The second-order valence-corrected chi connectivity index (χ2v) is 24.2. The van der Waals surface area contributed by atoms with Crippen molar-refractivity contribution in [3.63, 3.8) is 0 Å². The van der Waals surface area contributed by atoms with Crippen LogP contribution < -0.4 is 0 Å². The van der Waals surface area contributed by atoms with Crippen LogP contribution >= 0.6 is 0 Å². The summed E-state index contributed by atoms with van der Waals surface area (Å²) in [4.78, 5) is -0.331. The molecule has 34 unspecified atom stereocenters. The Bertz CT molecular complexity index is 2460. The molecule has 7 aliphatic heterocycles. The SMILES string of the molecule is Cc1ccc(S(=O)(=O)OCC2OC(OC3C(CO)OC(OC4C(CO)OC(OC5C(CO)OC(C/C=C/C6C(CO)OC(OC7C(CO)OCC(O)C7O)C(O)C6O)C(O)C5O)C(O)C4O)C(O)C3O)C(O)C(O)C2OC2OC(CO)C(O)C(O)C2O)cc1.